The van der Waals surface area contributed by atoms with Crippen molar-refractivity contribution in [2.45, 2.75) is 53.1 Å². The van der Waals surface area contributed by atoms with Crippen LogP contribution >= 0.6 is 0 Å². The summed E-state index contributed by atoms with van der Waals surface area (Å²) >= 11 is 0. The molecule has 29 heavy (non-hydrogen) atoms. The second-order valence-electron chi connectivity index (χ2n) is 7.34. The molecule has 7 heteroatoms. The molecule has 1 aromatic carbocycles. The number of hydrogen-bond donors (Lipinski definition) is 1. The Hall–Kier alpha value is -3.22. The van der Waals surface area contributed by atoms with Crippen molar-refractivity contribution < 1.29 is 4.79 Å². The number of carbonyl (C=O) groups is 1. The standard InChI is InChI=1S/C22H27N5O2/c1-6-12-26-16(5)18(13-19(28)23-15(4)7-2)21(29)27-22(26)24-20(25-27)17-10-8-14(3)9-11-17/h6,8-11,15H,1,7,12-13H2,2-5H3,(H,23,28)/t15-/m1/s1. The summed E-state index contributed by atoms with van der Waals surface area (Å²) in [7, 11) is 0. The molecule has 1 atom stereocenters. The van der Waals surface area contributed by atoms with Crippen LogP contribution in [0.1, 0.15) is 37.1 Å². The Balaban J connectivity index is 2.13. The van der Waals surface area contributed by atoms with Gasteiger partial charge in [-0.2, -0.15) is 9.50 Å². The van der Waals surface area contributed by atoms with Crippen LogP contribution in [0.4, 0.5) is 0 Å². The van der Waals surface area contributed by atoms with Gasteiger partial charge in [0, 0.05) is 29.4 Å². The van der Waals surface area contributed by atoms with Crippen LogP contribution in [0, 0.1) is 13.8 Å². The van der Waals surface area contributed by atoms with Crippen LogP contribution < -0.4 is 10.9 Å². The van der Waals surface area contributed by atoms with E-state index in [4.69, 9.17) is 0 Å². The van der Waals surface area contributed by atoms with Crippen LogP contribution in [0.25, 0.3) is 17.2 Å². The minimum absolute atomic E-state index is 0.00180. The third kappa shape index (κ3) is 4.13. The van der Waals surface area contributed by atoms with Gasteiger partial charge >= 0.3 is 0 Å². The van der Waals surface area contributed by atoms with Crippen LogP contribution in [-0.4, -0.2) is 31.1 Å². The van der Waals surface area contributed by atoms with Crippen molar-refractivity contribution in [3.63, 3.8) is 0 Å². The van der Waals surface area contributed by atoms with Gasteiger partial charge in [0.1, 0.15) is 0 Å². The lowest BCUT2D eigenvalue weighted by molar-refractivity contribution is -0.121. The van der Waals surface area contributed by atoms with Gasteiger partial charge in [-0.25, -0.2) is 0 Å². The molecule has 2 heterocycles. The van der Waals surface area contributed by atoms with E-state index in [1.165, 1.54) is 4.52 Å². The van der Waals surface area contributed by atoms with Crippen LogP contribution in [-0.2, 0) is 17.8 Å². The zero-order chi connectivity index (χ0) is 21.1. The summed E-state index contributed by atoms with van der Waals surface area (Å²) in [5.74, 6) is 0.734. The first-order chi connectivity index (χ1) is 13.8. The molecule has 0 aliphatic carbocycles. The fraction of sp³-hybridized carbons (Fsp3) is 0.364. The topological polar surface area (TPSA) is 81.3 Å². The highest BCUT2D eigenvalue weighted by Crippen LogP contribution is 2.18. The number of nitrogens with one attached hydrogen (secondary N) is 1. The minimum atomic E-state index is -0.317. The first-order valence-corrected chi connectivity index (χ1v) is 9.82. The van der Waals surface area contributed by atoms with Crippen LogP contribution in [0.5, 0.6) is 0 Å². The molecule has 7 nitrogen and oxygen atoms in total. The predicted molar refractivity (Wildman–Crippen MR) is 114 cm³/mol. The van der Waals surface area contributed by atoms with Crippen molar-refractivity contribution in [2.75, 3.05) is 0 Å². The van der Waals surface area contributed by atoms with Gasteiger partial charge in [-0.05, 0) is 27.2 Å². The highest BCUT2D eigenvalue weighted by Gasteiger charge is 2.20. The molecule has 0 bridgehead atoms. The number of hydrogen-bond acceptors (Lipinski definition) is 4. The zero-order valence-electron chi connectivity index (χ0n) is 17.4. The number of carbonyl (C=O) groups excluding carboxylic acids is 1. The lowest BCUT2D eigenvalue weighted by Crippen LogP contribution is -2.36. The molecule has 1 N–H and O–H groups in total. The van der Waals surface area contributed by atoms with Gasteiger partial charge in [-0.1, -0.05) is 42.8 Å². The number of fused-ring (bicyclic) bond motifs is 1. The highest BCUT2D eigenvalue weighted by molar-refractivity contribution is 5.79. The largest absolute Gasteiger partial charge is 0.353 e. The monoisotopic (exact) mass is 393 g/mol. The van der Waals surface area contributed by atoms with Gasteiger partial charge in [0.15, 0.2) is 5.82 Å². The lowest BCUT2D eigenvalue weighted by Gasteiger charge is -2.15. The van der Waals surface area contributed by atoms with E-state index in [-0.39, 0.29) is 23.9 Å². The Labute approximate surface area is 170 Å². The van der Waals surface area contributed by atoms with Gasteiger partial charge in [0.05, 0.1) is 6.42 Å². The second-order valence-corrected chi connectivity index (χ2v) is 7.34. The molecule has 0 fully saturated rings. The second kappa shape index (κ2) is 8.43. The van der Waals surface area contributed by atoms with Gasteiger partial charge in [0.2, 0.25) is 11.7 Å². The van der Waals surface area contributed by atoms with Crippen LogP contribution in [0.3, 0.4) is 0 Å². The van der Waals surface area contributed by atoms with Gasteiger partial charge in [-0.15, -0.1) is 11.7 Å². The molecule has 0 saturated carbocycles. The van der Waals surface area contributed by atoms with E-state index in [2.05, 4.69) is 22.0 Å². The maximum absolute atomic E-state index is 13.1. The van der Waals surface area contributed by atoms with E-state index in [1.807, 2.05) is 56.5 Å². The first kappa shape index (κ1) is 20.5. The Morgan fingerprint density at radius 1 is 1.28 bits per heavy atom. The Morgan fingerprint density at radius 2 is 1.97 bits per heavy atom. The van der Waals surface area contributed by atoms with Crippen molar-refractivity contribution in [3.05, 3.63) is 64.1 Å². The number of allylic oxidation sites excluding steroid dienone is 1. The summed E-state index contributed by atoms with van der Waals surface area (Å²) < 4.78 is 3.16. The van der Waals surface area contributed by atoms with Crippen molar-refractivity contribution in [1.29, 1.82) is 0 Å². The molecule has 0 aliphatic heterocycles. The van der Waals surface area contributed by atoms with Gasteiger partial charge < -0.3 is 9.88 Å². The average molecular weight is 393 g/mol. The van der Waals surface area contributed by atoms with Crippen molar-refractivity contribution in [2.24, 2.45) is 0 Å². The molecule has 152 valence electrons. The fourth-order valence-corrected chi connectivity index (χ4v) is 3.17. The number of rotatable bonds is 7. The number of benzene rings is 1. The van der Waals surface area contributed by atoms with E-state index < -0.39 is 0 Å². The van der Waals surface area contributed by atoms with E-state index in [0.29, 0.717) is 29.4 Å². The summed E-state index contributed by atoms with van der Waals surface area (Å²) in [5.41, 5.74) is 2.76. The molecule has 1 amide bonds. The van der Waals surface area contributed by atoms with E-state index >= 15 is 0 Å². The number of amides is 1. The average Bonchev–Trinajstić information content (AvgIpc) is 3.14. The summed E-state index contributed by atoms with van der Waals surface area (Å²) in [5, 5.41) is 7.36. The quantitative estimate of drug-likeness (QED) is 0.626. The first-order valence-electron chi connectivity index (χ1n) is 9.82. The molecule has 0 unspecified atom stereocenters. The molecule has 0 radical (unpaired) electrons. The highest BCUT2D eigenvalue weighted by atomic mass is 16.2. The molecule has 2 aromatic heterocycles. The van der Waals surface area contributed by atoms with Crippen molar-refractivity contribution in [1.82, 2.24) is 24.5 Å². The Morgan fingerprint density at radius 3 is 2.59 bits per heavy atom. The van der Waals surface area contributed by atoms with Crippen LogP contribution in [0.15, 0.2) is 41.7 Å². The molecule has 0 aliphatic rings. The van der Waals surface area contributed by atoms with Gasteiger partial charge in [-0.3, -0.25) is 9.59 Å². The minimum Gasteiger partial charge on any atom is -0.353 e. The number of aryl methyl sites for hydroxylation is 1. The van der Waals surface area contributed by atoms with Gasteiger partial charge in [0.25, 0.3) is 5.56 Å². The van der Waals surface area contributed by atoms with E-state index in [9.17, 15) is 9.59 Å². The number of nitrogens with zero attached hydrogens (tertiary/aromatic N) is 4. The van der Waals surface area contributed by atoms with Crippen molar-refractivity contribution in [3.8, 4) is 11.4 Å². The molecule has 3 aromatic rings. The van der Waals surface area contributed by atoms with E-state index in [1.54, 1.807) is 6.08 Å². The molecular formula is C22H27N5O2. The SMILES string of the molecule is C=CCn1c(C)c(CC(=O)N[C@H](C)CC)c(=O)n2nc(-c3ccc(C)cc3)nc12. The lowest BCUT2D eigenvalue weighted by atomic mass is 10.1. The maximum Gasteiger partial charge on any atom is 0.279 e. The number of aromatic nitrogens is 4. The summed E-state index contributed by atoms with van der Waals surface area (Å²) in [4.78, 5) is 30.2. The fourth-order valence-electron chi connectivity index (χ4n) is 3.17. The maximum atomic E-state index is 13.1. The molecule has 0 saturated heterocycles. The van der Waals surface area contributed by atoms with Crippen molar-refractivity contribution >= 4 is 11.7 Å². The summed E-state index contributed by atoms with van der Waals surface area (Å²) in [6.45, 7) is 12.0. The molecule has 3 rings (SSSR count). The Bertz CT molecular complexity index is 1110. The molecule has 0 spiro atoms. The molecular weight excluding hydrogens is 366 g/mol. The predicted octanol–water partition coefficient (Wildman–Crippen LogP) is 2.82. The summed E-state index contributed by atoms with van der Waals surface area (Å²) in [6, 6.07) is 7.88. The van der Waals surface area contributed by atoms with Crippen LogP contribution in [0.2, 0.25) is 0 Å². The smallest absolute Gasteiger partial charge is 0.279 e. The normalized spacial score (nSPS) is 12.1. The third-order valence-corrected chi connectivity index (χ3v) is 5.10. The Kier molecular flexibility index (Phi) is 5.96. The zero-order valence-corrected chi connectivity index (χ0v) is 17.4. The van der Waals surface area contributed by atoms with E-state index in [0.717, 1.165) is 17.5 Å². The third-order valence-electron chi connectivity index (χ3n) is 5.10. The summed E-state index contributed by atoms with van der Waals surface area (Å²) in [6.07, 6.45) is 2.57.